The first-order chi connectivity index (χ1) is 22.5. The number of thioether (sulfide) groups is 1. The van der Waals surface area contributed by atoms with E-state index >= 15 is 0 Å². The van der Waals surface area contributed by atoms with Crippen LogP contribution in [0.25, 0.3) is 0 Å². The molecule has 2 unspecified atom stereocenters. The lowest BCUT2D eigenvalue weighted by atomic mass is 9.65. The molecule has 3 aliphatic carbocycles. The molecule has 9 heteroatoms. The number of halogens is 1. The normalized spacial score (nSPS) is 27.8. The van der Waals surface area contributed by atoms with Gasteiger partial charge in [0, 0.05) is 48.3 Å². The summed E-state index contributed by atoms with van der Waals surface area (Å²) in [6.45, 7) is 2.34. The molecular formula is C37H44ClN3O4S. The Kier molecular flexibility index (Phi) is 9.49. The maximum atomic E-state index is 12.6. The van der Waals surface area contributed by atoms with Crippen LogP contribution in [0.3, 0.4) is 0 Å². The number of aromatic nitrogens is 2. The second kappa shape index (κ2) is 13.7. The number of hydrogen-bond acceptors (Lipinski definition) is 8. The smallest absolute Gasteiger partial charge is 0.337 e. The van der Waals surface area contributed by atoms with Gasteiger partial charge in [0.2, 0.25) is 0 Å². The lowest BCUT2D eigenvalue weighted by Gasteiger charge is -2.48. The van der Waals surface area contributed by atoms with Crippen LogP contribution in [0.4, 0.5) is 5.69 Å². The second-order valence-corrected chi connectivity index (χ2v) is 15.4. The minimum Gasteiger partial charge on any atom is -0.490 e. The number of nitrogens with zero attached hydrogens (tertiary/aromatic N) is 3. The number of esters is 1. The van der Waals surface area contributed by atoms with Gasteiger partial charge in [-0.2, -0.15) is 0 Å². The summed E-state index contributed by atoms with van der Waals surface area (Å²) in [6, 6.07) is 14.0. The van der Waals surface area contributed by atoms with E-state index in [4.69, 9.17) is 25.8 Å². The van der Waals surface area contributed by atoms with E-state index in [0.717, 1.165) is 60.4 Å². The van der Waals surface area contributed by atoms with Crippen molar-refractivity contribution in [3.8, 4) is 5.75 Å². The number of methoxy groups -OCH3 is 2. The summed E-state index contributed by atoms with van der Waals surface area (Å²) in [4.78, 5) is 24.1. The van der Waals surface area contributed by atoms with Crippen LogP contribution in [0.1, 0.15) is 72.9 Å². The van der Waals surface area contributed by atoms with E-state index in [-0.39, 0.29) is 17.5 Å². The van der Waals surface area contributed by atoms with E-state index in [1.54, 1.807) is 0 Å². The molecule has 244 valence electrons. The van der Waals surface area contributed by atoms with Crippen LogP contribution < -0.4 is 9.64 Å². The third kappa shape index (κ3) is 6.37. The molecule has 4 aliphatic rings. The van der Waals surface area contributed by atoms with Crippen molar-refractivity contribution in [2.45, 2.75) is 79.7 Å². The van der Waals surface area contributed by atoms with Crippen LogP contribution in [0.15, 0.2) is 60.0 Å². The number of fused-ring (bicyclic) bond motifs is 3. The molecule has 0 amide bonds. The molecule has 0 radical (unpaired) electrons. The average Bonchev–Trinajstić information content (AvgIpc) is 3.22. The molecule has 6 atom stereocenters. The number of aryl methyl sites for hydroxylation is 1. The molecule has 46 heavy (non-hydrogen) atoms. The first kappa shape index (κ1) is 31.8. The molecular weight excluding hydrogens is 618 g/mol. The van der Waals surface area contributed by atoms with E-state index in [9.17, 15) is 4.79 Å². The van der Waals surface area contributed by atoms with Gasteiger partial charge in [-0.15, -0.1) is 0 Å². The number of carbonyl (C=O) groups excluding carboxylic acids is 1. The summed E-state index contributed by atoms with van der Waals surface area (Å²) in [5.41, 5.74) is 4.06. The molecule has 3 aromatic rings. The van der Waals surface area contributed by atoms with Crippen molar-refractivity contribution in [3.63, 3.8) is 0 Å². The topological polar surface area (TPSA) is 73.8 Å². The molecule has 1 aromatic heterocycles. The predicted molar refractivity (Wildman–Crippen MR) is 182 cm³/mol. The van der Waals surface area contributed by atoms with Crippen molar-refractivity contribution >= 4 is 35.0 Å². The summed E-state index contributed by atoms with van der Waals surface area (Å²) in [6.07, 6.45) is 14.2. The summed E-state index contributed by atoms with van der Waals surface area (Å²) in [5, 5.41) is 2.18. The van der Waals surface area contributed by atoms with Crippen LogP contribution in [0, 0.1) is 17.8 Å². The van der Waals surface area contributed by atoms with E-state index in [1.807, 2.05) is 61.6 Å². The third-order valence-corrected chi connectivity index (χ3v) is 12.4. The Hall–Kier alpha value is -2.81. The van der Waals surface area contributed by atoms with Gasteiger partial charge >= 0.3 is 5.97 Å². The molecule has 2 fully saturated rings. The molecule has 1 spiro atoms. The molecule has 1 aliphatic heterocycles. The number of hydrogen-bond donors (Lipinski definition) is 0. The molecule has 2 saturated carbocycles. The zero-order chi connectivity index (χ0) is 31.7. The Morgan fingerprint density at radius 2 is 1.98 bits per heavy atom. The van der Waals surface area contributed by atoms with E-state index in [2.05, 4.69) is 27.0 Å². The number of carbonyl (C=O) groups is 1. The highest BCUT2D eigenvalue weighted by atomic mass is 35.5. The zero-order valence-corrected chi connectivity index (χ0v) is 28.4. The molecule has 2 heterocycles. The number of ether oxygens (including phenoxy) is 3. The lowest BCUT2D eigenvalue weighted by molar-refractivity contribution is -0.0587. The maximum absolute atomic E-state index is 12.6. The summed E-state index contributed by atoms with van der Waals surface area (Å²) >= 11 is 8.29. The highest BCUT2D eigenvalue weighted by Gasteiger charge is 2.46. The van der Waals surface area contributed by atoms with Gasteiger partial charge in [0.15, 0.2) is 5.16 Å². The van der Waals surface area contributed by atoms with Gasteiger partial charge in [-0.3, -0.25) is 0 Å². The monoisotopic (exact) mass is 661 g/mol. The van der Waals surface area contributed by atoms with Gasteiger partial charge in [0.05, 0.1) is 31.1 Å². The Morgan fingerprint density at radius 3 is 2.76 bits per heavy atom. The van der Waals surface area contributed by atoms with Crippen molar-refractivity contribution in [1.82, 2.24) is 9.97 Å². The molecule has 7 rings (SSSR count). The second-order valence-electron chi connectivity index (χ2n) is 13.7. The Morgan fingerprint density at radius 1 is 1.11 bits per heavy atom. The summed E-state index contributed by atoms with van der Waals surface area (Å²) in [7, 11) is 3.35. The van der Waals surface area contributed by atoms with Crippen molar-refractivity contribution in [3.05, 3.63) is 76.6 Å². The fourth-order valence-corrected chi connectivity index (χ4v) is 10.1. The minimum atomic E-state index is -0.328. The Labute approximate surface area is 281 Å². The Bertz CT molecular complexity index is 1540. The average molecular weight is 662 g/mol. The molecule has 7 nitrogen and oxygen atoms in total. The van der Waals surface area contributed by atoms with Gasteiger partial charge in [-0.25, -0.2) is 14.8 Å². The predicted octanol–water partition coefficient (Wildman–Crippen LogP) is 7.78. The zero-order valence-electron chi connectivity index (χ0n) is 26.8. The fourth-order valence-electron chi connectivity index (χ4n) is 8.69. The van der Waals surface area contributed by atoms with Crippen LogP contribution in [0.2, 0.25) is 5.02 Å². The lowest BCUT2D eigenvalue weighted by Crippen LogP contribution is -2.51. The van der Waals surface area contributed by atoms with Crippen molar-refractivity contribution in [1.29, 1.82) is 0 Å². The first-order valence-electron chi connectivity index (χ1n) is 16.8. The van der Waals surface area contributed by atoms with Gasteiger partial charge in [0.25, 0.3) is 0 Å². The highest BCUT2D eigenvalue weighted by molar-refractivity contribution is 7.99. The first-order valence-corrected chi connectivity index (χ1v) is 18.1. The molecule has 0 saturated heterocycles. The maximum Gasteiger partial charge on any atom is 0.337 e. The van der Waals surface area contributed by atoms with Gasteiger partial charge in [0.1, 0.15) is 5.75 Å². The van der Waals surface area contributed by atoms with Gasteiger partial charge < -0.3 is 19.1 Å². The van der Waals surface area contributed by atoms with Crippen molar-refractivity contribution in [2.24, 2.45) is 17.8 Å². The van der Waals surface area contributed by atoms with E-state index in [0.29, 0.717) is 35.2 Å². The van der Waals surface area contributed by atoms with Gasteiger partial charge in [-0.1, -0.05) is 35.9 Å². The van der Waals surface area contributed by atoms with Crippen LogP contribution in [-0.4, -0.2) is 61.2 Å². The fraction of sp³-hybridized carbons (Fsp3) is 0.541. The number of benzene rings is 2. The summed E-state index contributed by atoms with van der Waals surface area (Å²) in [5.74, 6) is 2.02. The molecule has 0 bridgehead atoms. The standard InChI is InChI=1S/C37H44ClN3O4S/c1-43-34(25-6-3-8-29(19-25)46-36-39-16-5-17-40-36)30-12-9-27(30)21-41-22-37(15-4-7-24-18-28(38)11-13-31(24)37)23-45-33-14-10-26(20-32(33)41)35(42)44-2/h5,10-11,13-14,16-18,20,25,27,29-30,34H,3-4,6-9,12,15,19,21-23H2,1-2H3/t25-,27-,29+,30+,34?,37?/m0/s1. The van der Waals surface area contributed by atoms with Crippen LogP contribution >= 0.6 is 23.4 Å². The van der Waals surface area contributed by atoms with Crippen LogP contribution in [-0.2, 0) is 21.3 Å². The highest BCUT2D eigenvalue weighted by Crippen LogP contribution is 2.49. The van der Waals surface area contributed by atoms with E-state index < -0.39 is 0 Å². The minimum absolute atomic E-state index is 0.157. The SMILES string of the molecule is COC(=O)c1ccc2c(c1)N(C[C@@H]1CC[C@H]1C(OC)[C@H]1CCC[C@@H](Sc3ncccn3)C1)CC1(CCCc3cc(Cl)ccc31)CO2. The van der Waals surface area contributed by atoms with Gasteiger partial charge in [-0.05, 0) is 117 Å². The molecule has 0 N–H and O–H groups in total. The van der Waals surface area contributed by atoms with Crippen molar-refractivity contribution in [2.75, 3.05) is 38.8 Å². The number of anilines is 1. The largest absolute Gasteiger partial charge is 0.490 e. The molecule has 2 aromatic carbocycles. The Balaban J connectivity index is 1.15. The number of rotatable bonds is 8. The van der Waals surface area contributed by atoms with E-state index in [1.165, 1.54) is 50.3 Å². The van der Waals surface area contributed by atoms with Crippen molar-refractivity contribution < 1.29 is 19.0 Å². The quantitative estimate of drug-likeness (QED) is 0.179. The summed E-state index contributed by atoms with van der Waals surface area (Å²) < 4.78 is 18.1. The third-order valence-electron chi connectivity index (χ3n) is 11.0. The van der Waals surface area contributed by atoms with Crippen LogP contribution in [0.5, 0.6) is 5.75 Å².